The van der Waals surface area contributed by atoms with E-state index < -0.39 is 41.4 Å². The van der Waals surface area contributed by atoms with Crippen LogP contribution in [0.15, 0.2) is 35.6 Å². The Kier molecular flexibility index (Phi) is 5.19. The molecule has 0 bridgehead atoms. The van der Waals surface area contributed by atoms with Crippen LogP contribution in [0.3, 0.4) is 0 Å². The predicted molar refractivity (Wildman–Crippen MR) is 104 cm³/mol. The number of rotatable bonds is 6. The number of nitrogens with two attached hydrogens (primary N) is 1. The van der Waals surface area contributed by atoms with E-state index in [1.54, 1.807) is 0 Å². The number of amides is 1. The number of halogens is 3. The van der Waals surface area contributed by atoms with Crippen molar-refractivity contribution >= 4 is 17.6 Å². The van der Waals surface area contributed by atoms with Gasteiger partial charge in [0.2, 0.25) is 5.88 Å². The van der Waals surface area contributed by atoms with Crippen LogP contribution in [0.2, 0.25) is 0 Å². The Morgan fingerprint density at radius 2 is 2.10 bits per heavy atom. The lowest BCUT2D eigenvalue weighted by Gasteiger charge is -2.37. The van der Waals surface area contributed by atoms with E-state index in [9.17, 15) is 18.0 Å². The monoisotopic (exact) mass is 435 g/mol. The number of alkyl halides is 2. The number of amidine groups is 1. The fourth-order valence-corrected chi connectivity index (χ4v) is 3.06. The van der Waals surface area contributed by atoms with E-state index in [2.05, 4.69) is 25.0 Å². The van der Waals surface area contributed by atoms with Gasteiger partial charge in [0, 0.05) is 11.3 Å². The summed E-state index contributed by atoms with van der Waals surface area (Å²) in [6.07, 6.45) is 4.82. The Bertz CT molecular complexity index is 1030. The molecule has 1 unspecified atom stereocenters. The van der Waals surface area contributed by atoms with Crippen LogP contribution in [-0.2, 0) is 10.3 Å². The highest BCUT2D eigenvalue weighted by Crippen LogP contribution is 2.44. The van der Waals surface area contributed by atoms with Crippen molar-refractivity contribution in [2.75, 3.05) is 18.5 Å². The Morgan fingerprint density at radius 3 is 2.77 bits per heavy atom. The summed E-state index contributed by atoms with van der Waals surface area (Å²) < 4.78 is 53.6. The van der Waals surface area contributed by atoms with Gasteiger partial charge in [0.1, 0.15) is 11.5 Å². The molecule has 1 saturated carbocycles. The SMILES string of the molecule is CC1(c2cc(NC(=O)c3cnc(OCC4CC4)cn3)ccc2F)N=C(N)OCC1(F)F. The van der Waals surface area contributed by atoms with E-state index in [4.69, 9.17) is 10.5 Å². The van der Waals surface area contributed by atoms with Gasteiger partial charge >= 0.3 is 5.92 Å². The number of benzene rings is 1. The zero-order valence-electron chi connectivity index (χ0n) is 16.6. The van der Waals surface area contributed by atoms with Gasteiger partial charge in [0.05, 0.1) is 19.0 Å². The number of hydrogen-bond donors (Lipinski definition) is 2. The lowest BCUT2D eigenvalue weighted by Crippen LogP contribution is -2.51. The maximum Gasteiger partial charge on any atom is 0.310 e. The smallest absolute Gasteiger partial charge is 0.310 e. The molecule has 1 aromatic heterocycles. The summed E-state index contributed by atoms with van der Waals surface area (Å²) in [6.45, 7) is 0.567. The van der Waals surface area contributed by atoms with Gasteiger partial charge in [-0.1, -0.05) is 0 Å². The molecule has 1 atom stereocenters. The quantitative estimate of drug-likeness (QED) is 0.722. The molecule has 1 amide bonds. The highest BCUT2D eigenvalue weighted by molar-refractivity contribution is 6.02. The number of aliphatic imine (C=N–C) groups is 1. The Labute approximate surface area is 175 Å². The second-order valence-electron chi connectivity index (χ2n) is 7.66. The molecule has 0 radical (unpaired) electrons. The third kappa shape index (κ3) is 4.25. The van der Waals surface area contributed by atoms with Gasteiger partial charge in [-0.05, 0) is 43.9 Å². The fourth-order valence-electron chi connectivity index (χ4n) is 3.06. The number of carbonyl (C=O) groups excluding carboxylic acids is 1. The van der Waals surface area contributed by atoms with Crippen LogP contribution in [-0.4, -0.2) is 41.0 Å². The summed E-state index contributed by atoms with van der Waals surface area (Å²) in [7, 11) is 0. The standard InChI is InChI=1S/C20H20F3N5O3/c1-19(20(22,23)10-31-18(24)28-19)13-6-12(4-5-14(13)21)27-17(29)15-7-26-16(8-25-15)30-9-11-2-3-11/h4-8,11H,2-3,9-10H2,1H3,(H2,24,28)(H,27,29). The number of anilines is 1. The van der Waals surface area contributed by atoms with Crippen LogP contribution < -0.4 is 15.8 Å². The van der Waals surface area contributed by atoms with Crippen molar-refractivity contribution in [2.45, 2.75) is 31.2 Å². The van der Waals surface area contributed by atoms with Crippen molar-refractivity contribution in [2.24, 2.45) is 16.6 Å². The summed E-state index contributed by atoms with van der Waals surface area (Å²) in [5.74, 6) is -4.25. The van der Waals surface area contributed by atoms with Crippen LogP contribution in [0.4, 0.5) is 18.9 Å². The molecule has 4 rings (SSSR count). The number of ether oxygens (including phenoxy) is 2. The maximum absolute atomic E-state index is 14.5. The Hall–Kier alpha value is -3.37. The minimum atomic E-state index is -3.53. The van der Waals surface area contributed by atoms with Crippen LogP contribution in [0.25, 0.3) is 0 Å². The molecule has 11 heteroatoms. The van der Waals surface area contributed by atoms with Crippen LogP contribution in [0.1, 0.15) is 35.8 Å². The van der Waals surface area contributed by atoms with Gasteiger partial charge in [-0.2, -0.15) is 8.78 Å². The first-order chi connectivity index (χ1) is 14.7. The van der Waals surface area contributed by atoms with E-state index in [0.717, 1.165) is 31.9 Å². The molecule has 3 N–H and O–H groups in total. The number of aromatic nitrogens is 2. The van der Waals surface area contributed by atoms with Gasteiger partial charge in [-0.15, -0.1) is 0 Å². The third-order valence-corrected chi connectivity index (χ3v) is 5.22. The van der Waals surface area contributed by atoms with E-state index in [-0.39, 0.29) is 11.4 Å². The second kappa shape index (κ2) is 7.71. The molecular weight excluding hydrogens is 415 g/mol. The van der Waals surface area contributed by atoms with Crippen molar-refractivity contribution in [1.29, 1.82) is 0 Å². The third-order valence-electron chi connectivity index (χ3n) is 5.22. The summed E-state index contributed by atoms with van der Waals surface area (Å²) in [5, 5.41) is 2.50. The molecule has 1 fully saturated rings. The van der Waals surface area contributed by atoms with Gasteiger partial charge in [0.15, 0.2) is 12.1 Å². The molecule has 2 aliphatic rings. The van der Waals surface area contributed by atoms with Gasteiger partial charge in [-0.3, -0.25) is 4.79 Å². The van der Waals surface area contributed by atoms with Crippen molar-refractivity contribution in [3.63, 3.8) is 0 Å². The number of nitrogens with zero attached hydrogens (tertiary/aromatic N) is 3. The molecule has 2 aromatic rings. The van der Waals surface area contributed by atoms with E-state index in [1.165, 1.54) is 18.5 Å². The predicted octanol–water partition coefficient (Wildman–Crippen LogP) is 2.85. The molecule has 1 aliphatic carbocycles. The molecule has 0 saturated heterocycles. The topological polar surface area (TPSA) is 112 Å². The zero-order chi connectivity index (χ0) is 22.2. The van der Waals surface area contributed by atoms with E-state index >= 15 is 0 Å². The number of carbonyl (C=O) groups is 1. The van der Waals surface area contributed by atoms with E-state index in [1.807, 2.05) is 0 Å². The average Bonchev–Trinajstić information content (AvgIpc) is 3.56. The Morgan fingerprint density at radius 1 is 1.32 bits per heavy atom. The number of hydrogen-bond acceptors (Lipinski definition) is 7. The molecule has 2 heterocycles. The first kappa shape index (κ1) is 20.9. The molecule has 1 aliphatic heterocycles. The summed E-state index contributed by atoms with van der Waals surface area (Å²) >= 11 is 0. The van der Waals surface area contributed by atoms with Crippen LogP contribution >= 0.6 is 0 Å². The molecule has 164 valence electrons. The van der Waals surface area contributed by atoms with Crippen molar-refractivity contribution < 1.29 is 27.4 Å². The first-order valence-electron chi connectivity index (χ1n) is 9.60. The number of nitrogens with one attached hydrogen (secondary N) is 1. The molecule has 8 nitrogen and oxygen atoms in total. The van der Waals surface area contributed by atoms with Crippen LogP contribution in [0, 0.1) is 11.7 Å². The summed E-state index contributed by atoms with van der Waals surface area (Å²) in [4.78, 5) is 24.2. The van der Waals surface area contributed by atoms with Crippen LogP contribution in [0.5, 0.6) is 5.88 Å². The maximum atomic E-state index is 14.5. The highest BCUT2D eigenvalue weighted by atomic mass is 19.3. The zero-order valence-corrected chi connectivity index (χ0v) is 16.6. The average molecular weight is 435 g/mol. The van der Waals surface area contributed by atoms with Gasteiger partial charge in [-0.25, -0.2) is 19.4 Å². The normalized spacial score (nSPS) is 22.3. The van der Waals surface area contributed by atoms with Gasteiger partial charge in [0.25, 0.3) is 11.9 Å². The molecule has 31 heavy (non-hydrogen) atoms. The largest absolute Gasteiger partial charge is 0.476 e. The molecule has 0 spiro atoms. The van der Waals surface area contributed by atoms with Crippen molar-refractivity contribution in [3.05, 3.63) is 47.7 Å². The summed E-state index contributed by atoms with van der Waals surface area (Å²) in [6, 6.07) is 2.82. The highest BCUT2D eigenvalue weighted by Gasteiger charge is 2.56. The van der Waals surface area contributed by atoms with Crippen molar-refractivity contribution in [1.82, 2.24) is 9.97 Å². The van der Waals surface area contributed by atoms with Crippen molar-refractivity contribution in [3.8, 4) is 5.88 Å². The Balaban J connectivity index is 1.53. The minimum absolute atomic E-state index is 0.0190. The fraction of sp³-hybridized carbons (Fsp3) is 0.400. The second-order valence-corrected chi connectivity index (χ2v) is 7.66. The molecular formula is C20H20F3N5O3. The van der Waals surface area contributed by atoms with Gasteiger partial charge < -0.3 is 20.5 Å². The minimum Gasteiger partial charge on any atom is -0.476 e. The van der Waals surface area contributed by atoms with E-state index in [0.29, 0.717) is 18.4 Å². The summed E-state index contributed by atoms with van der Waals surface area (Å²) in [5.41, 5.74) is 2.76. The first-order valence-corrected chi connectivity index (χ1v) is 9.60. The lowest BCUT2D eigenvalue weighted by atomic mass is 9.85. The molecule has 1 aromatic carbocycles. The lowest BCUT2D eigenvalue weighted by molar-refractivity contribution is -0.117.